The van der Waals surface area contributed by atoms with E-state index in [0.717, 1.165) is 25.2 Å². The highest BCUT2D eigenvalue weighted by Gasteiger charge is 2.62. The van der Waals surface area contributed by atoms with Gasteiger partial charge in [-0.1, -0.05) is 6.07 Å². The minimum Gasteiger partial charge on any atom is -0.308 e. The van der Waals surface area contributed by atoms with E-state index in [1.165, 1.54) is 0 Å². The van der Waals surface area contributed by atoms with Gasteiger partial charge in [-0.25, -0.2) is 4.39 Å². The molecule has 0 bridgehead atoms. The summed E-state index contributed by atoms with van der Waals surface area (Å²) in [5.74, 6) is -5.71. The first-order chi connectivity index (χ1) is 8.11. The van der Waals surface area contributed by atoms with E-state index in [-0.39, 0.29) is 10.0 Å². The lowest BCUT2D eigenvalue weighted by molar-refractivity contribution is -0.293. The van der Waals surface area contributed by atoms with Gasteiger partial charge in [0.1, 0.15) is 11.9 Å². The monoisotopic (exact) mass is 335 g/mol. The van der Waals surface area contributed by atoms with Crippen LogP contribution in [-0.2, 0) is 0 Å². The van der Waals surface area contributed by atoms with Crippen LogP contribution in [0.2, 0.25) is 0 Å². The van der Waals surface area contributed by atoms with Crippen molar-refractivity contribution >= 4 is 15.9 Å². The molecular weight excluding hydrogens is 328 g/mol. The van der Waals surface area contributed by atoms with Gasteiger partial charge in [-0.15, -0.1) is 0 Å². The van der Waals surface area contributed by atoms with Crippen molar-refractivity contribution in [2.45, 2.75) is 18.1 Å². The molecule has 0 radical (unpaired) electrons. The SMILES string of the molecule is CNC(c1ccc(F)c(Br)c1)C(F)(F)C(F)(F)F. The molecule has 0 fully saturated rings. The third-order valence-electron chi connectivity index (χ3n) is 2.31. The summed E-state index contributed by atoms with van der Waals surface area (Å²) in [4.78, 5) is 0. The molecule has 18 heavy (non-hydrogen) atoms. The fourth-order valence-electron chi connectivity index (χ4n) is 1.41. The molecule has 0 aromatic heterocycles. The molecular formula is C10H8BrF6N. The number of nitrogens with one attached hydrogen (secondary N) is 1. The molecule has 102 valence electrons. The molecule has 0 saturated heterocycles. The maximum atomic E-state index is 13.2. The maximum Gasteiger partial charge on any atom is 0.455 e. The Bertz CT molecular complexity index is 431. The van der Waals surface area contributed by atoms with Gasteiger partial charge in [0, 0.05) is 0 Å². The van der Waals surface area contributed by atoms with E-state index in [4.69, 9.17) is 0 Å². The molecule has 1 aromatic carbocycles. The van der Waals surface area contributed by atoms with Crippen LogP contribution < -0.4 is 5.32 Å². The van der Waals surface area contributed by atoms with Crippen molar-refractivity contribution in [3.05, 3.63) is 34.1 Å². The van der Waals surface area contributed by atoms with Crippen LogP contribution in [0.25, 0.3) is 0 Å². The van der Waals surface area contributed by atoms with Gasteiger partial charge < -0.3 is 5.32 Å². The van der Waals surface area contributed by atoms with Gasteiger partial charge in [-0.3, -0.25) is 0 Å². The second-order valence-corrected chi connectivity index (χ2v) is 4.37. The molecule has 1 N–H and O–H groups in total. The number of hydrogen-bond donors (Lipinski definition) is 1. The van der Waals surface area contributed by atoms with Gasteiger partial charge in [0.2, 0.25) is 0 Å². The molecule has 0 amide bonds. The second kappa shape index (κ2) is 5.08. The number of halogens is 7. The van der Waals surface area contributed by atoms with Crippen LogP contribution >= 0.6 is 15.9 Å². The highest BCUT2D eigenvalue weighted by Crippen LogP contribution is 2.44. The van der Waals surface area contributed by atoms with Gasteiger partial charge in [-0.05, 0) is 40.7 Å². The lowest BCUT2D eigenvalue weighted by atomic mass is 10.0. The maximum absolute atomic E-state index is 13.2. The fourth-order valence-corrected chi connectivity index (χ4v) is 1.81. The summed E-state index contributed by atoms with van der Waals surface area (Å²) < 4.78 is 76.0. The summed E-state index contributed by atoms with van der Waals surface area (Å²) in [5, 5.41) is 1.90. The molecule has 0 aliphatic carbocycles. The Kier molecular flexibility index (Phi) is 4.32. The zero-order chi connectivity index (χ0) is 14.1. The van der Waals surface area contributed by atoms with Crippen molar-refractivity contribution in [3.8, 4) is 0 Å². The van der Waals surface area contributed by atoms with E-state index in [2.05, 4.69) is 15.9 Å². The first-order valence-corrected chi connectivity index (χ1v) is 5.47. The minimum atomic E-state index is -5.69. The van der Waals surface area contributed by atoms with Crippen LogP contribution in [0.3, 0.4) is 0 Å². The van der Waals surface area contributed by atoms with Crippen molar-refractivity contribution in [2.24, 2.45) is 0 Å². The van der Waals surface area contributed by atoms with Crippen LogP contribution in [0.4, 0.5) is 26.3 Å². The Balaban J connectivity index is 3.21. The van der Waals surface area contributed by atoms with Crippen LogP contribution in [0.5, 0.6) is 0 Å². The van der Waals surface area contributed by atoms with Crippen LogP contribution in [0, 0.1) is 5.82 Å². The molecule has 1 nitrogen and oxygen atoms in total. The third-order valence-corrected chi connectivity index (χ3v) is 2.91. The van der Waals surface area contributed by atoms with Crippen molar-refractivity contribution in [1.82, 2.24) is 5.32 Å². The van der Waals surface area contributed by atoms with Gasteiger partial charge in [-0.2, -0.15) is 22.0 Å². The summed E-state index contributed by atoms with van der Waals surface area (Å²) in [6.45, 7) is 0. The van der Waals surface area contributed by atoms with Crippen molar-refractivity contribution < 1.29 is 26.3 Å². The fraction of sp³-hybridized carbons (Fsp3) is 0.400. The van der Waals surface area contributed by atoms with E-state index in [9.17, 15) is 26.3 Å². The molecule has 1 unspecified atom stereocenters. The van der Waals surface area contributed by atoms with Gasteiger partial charge in [0.15, 0.2) is 0 Å². The van der Waals surface area contributed by atoms with Crippen LogP contribution in [0.15, 0.2) is 22.7 Å². The molecule has 1 atom stereocenters. The minimum absolute atomic E-state index is 0.182. The first kappa shape index (κ1) is 15.3. The number of alkyl halides is 5. The Morgan fingerprint density at radius 3 is 2.11 bits per heavy atom. The Morgan fingerprint density at radius 1 is 1.17 bits per heavy atom. The third kappa shape index (κ3) is 2.80. The van der Waals surface area contributed by atoms with Gasteiger partial charge >= 0.3 is 12.1 Å². The summed E-state index contributed by atoms with van der Waals surface area (Å²) >= 11 is 2.73. The standard InChI is InChI=1S/C10H8BrF6N/c1-18-8(9(13,14)10(15,16)17)5-2-3-7(12)6(11)4-5/h2-4,8,18H,1H3. The molecule has 0 saturated carbocycles. The predicted octanol–water partition coefficient (Wildman–Crippen LogP) is 4.05. The molecule has 0 heterocycles. The normalized spacial score (nSPS) is 14.7. The average Bonchev–Trinajstić information content (AvgIpc) is 2.22. The van der Waals surface area contributed by atoms with Gasteiger partial charge in [0.25, 0.3) is 0 Å². The lowest BCUT2D eigenvalue weighted by Crippen LogP contribution is -2.47. The van der Waals surface area contributed by atoms with E-state index in [1.54, 1.807) is 0 Å². The lowest BCUT2D eigenvalue weighted by Gasteiger charge is -2.28. The highest BCUT2D eigenvalue weighted by molar-refractivity contribution is 9.10. The summed E-state index contributed by atoms with van der Waals surface area (Å²) in [6.07, 6.45) is -5.69. The van der Waals surface area contributed by atoms with E-state index >= 15 is 0 Å². The zero-order valence-corrected chi connectivity index (χ0v) is 10.5. The number of hydrogen-bond acceptors (Lipinski definition) is 1. The van der Waals surface area contributed by atoms with Crippen LogP contribution in [0.1, 0.15) is 11.6 Å². The van der Waals surface area contributed by atoms with Crippen molar-refractivity contribution in [3.63, 3.8) is 0 Å². The van der Waals surface area contributed by atoms with Crippen LogP contribution in [-0.4, -0.2) is 19.1 Å². The first-order valence-electron chi connectivity index (χ1n) is 4.68. The Morgan fingerprint density at radius 2 is 1.72 bits per heavy atom. The van der Waals surface area contributed by atoms with Gasteiger partial charge in [0.05, 0.1) is 4.47 Å². The van der Waals surface area contributed by atoms with Crippen molar-refractivity contribution in [2.75, 3.05) is 7.05 Å². The highest BCUT2D eigenvalue weighted by atomic mass is 79.9. The summed E-state index contributed by atoms with van der Waals surface area (Å²) in [6, 6.07) is 0.294. The predicted molar refractivity (Wildman–Crippen MR) is 56.9 cm³/mol. The summed E-state index contributed by atoms with van der Waals surface area (Å²) in [5.41, 5.74) is -0.367. The second-order valence-electron chi connectivity index (χ2n) is 3.52. The summed E-state index contributed by atoms with van der Waals surface area (Å²) in [7, 11) is 0.974. The number of benzene rings is 1. The quantitative estimate of drug-likeness (QED) is 0.822. The largest absolute Gasteiger partial charge is 0.455 e. The molecule has 0 spiro atoms. The molecule has 0 aliphatic heterocycles. The Labute approximate surface area is 107 Å². The molecule has 1 rings (SSSR count). The average molecular weight is 336 g/mol. The van der Waals surface area contributed by atoms with E-state index in [0.29, 0.717) is 0 Å². The molecule has 8 heteroatoms. The smallest absolute Gasteiger partial charge is 0.308 e. The van der Waals surface area contributed by atoms with Crippen molar-refractivity contribution in [1.29, 1.82) is 0 Å². The van der Waals surface area contributed by atoms with E-state index in [1.807, 2.05) is 5.32 Å². The van der Waals surface area contributed by atoms with E-state index < -0.39 is 24.0 Å². The molecule has 0 aliphatic rings. The molecule has 1 aromatic rings. The topological polar surface area (TPSA) is 12.0 Å². The Hall–Kier alpha value is -0.760. The number of rotatable bonds is 3. The zero-order valence-electron chi connectivity index (χ0n) is 8.96.